The molecule has 0 aliphatic rings. The minimum Gasteiger partial charge on any atom is -0.402 e. The molecular formula is C16H19N. The molecule has 1 nitrogen and oxygen atoms in total. The van der Waals surface area contributed by atoms with E-state index in [4.69, 9.17) is 5.73 Å². The summed E-state index contributed by atoms with van der Waals surface area (Å²) in [5, 5.41) is 0. The van der Waals surface area contributed by atoms with Gasteiger partial charge < -0.3 is 5.73 Å². The molecule has 17 heavy (non-hydrogen) atoms. The zero-order valence-electron chi connectivity index (χ0n) is 10.3. The van der Waals surface area contributed by atoms with Crippen molar-refractivity contribution < 1.29 is 0 Å². The molecule has 2 N–H and O–H groups in total. The van der Waals surface area contributed by atoms with Crippen LogP contribution in [-0.2, 0) is 6.42 Å². The van der Waals surface area contributed by atoms with E-state index in [1.165, 1.54) is 5.56 Å². The Labute approximate surface area is 104 Å². The van der Waals surface area contributed by atoms with Crippen LogP contribution in [0.1, 0.15) is 18.1 Å². The number of benzene rings is 1. The normalized spacial score (nSPS) is 11.7. The van der Waals surface area contributed by atoms with E-state index < -0.39 is 0 Å². The third kappa shape index (κ3) is 4.56. The van der Waals surface area contributed by atoms with Gasteiger partial charge in [-0.3, -0.25) is 0 Å². The predicted molar refractivity (Wildman–Crippen MR) is 76.5 cm³/mol. The largest absolute Gasteiger partial charge is 0.402 e. The lowest BCUT2D eigenvalue weighted by molar-refractivity contribution is 1.27. The van der Waals surface area contributed by atoms with Crippen LogP contribution >= 0.6 is 0 Å². The van der Waals surface area contributed by atoms with Crippen molar-refractivity contribution in [2.75, 3.05) is 0 Å². The van der Waals surface area contributed by atoms with Crippen LogP contribution in [0.4, 0.5) is 0 Å². The summed E-state index contributed by atoms with van der Waals surface area (Å²) < 4.78 is 0. The monoisotopic (exact) mass is 225 g/mol. The molecule has 0 aliphatic heterocycles. The summed E-state index contributed by atoms with van der Waals surface area (Å²) in [4.78, 5) is 0. The first-order chi connectivity index (χ1) is 8.13. The van der Waals surface area contributed by atoms with Crippen molar-refractivity contribution in [3.63, 3.8) is 0 Å². The molecule has 0 spiro atoms. The van der Waals surface area contributed by atoms with Gasteiger partial charge in [0.25, 0.3) is 0 Å². The Bertz CT molecular complexity index is 443. The van der Waals surface area contributed by atoms with Crippen LogP contribution in [0.3, 0.4) is 0 Å². The Kier molecular flexibility index (Phi) is 5.02. The number of nitrogens with two attached hydrogens (primary N) is 1. The molecule has 0 atom stereocenters. The van der Waals surface area contributed by atoms with Gasteiger partial charge in [0.05, 0.1) is 0 Å². The first-order valence-electron chi connectivity index (χ1n) is 5.63. The Morgan fingerprint density at radius 3 is 2.47 bits per heavy atom. The van der Waals surface area contributed by atoms with Crippen LogP contribution in [0.15, 0.2) is 67.4 Å². The lowest BCUT2D eigenvalue weighted by atomic mass is 10.0. The minimum absolute atomic E-state index is 0.787. The highest BCUT2D eigenvalue weighted by Gasteiger charge is 1.95. The van der Waals surface area contributed by atoms with E-state index in [0.29, 0.717) is 0 Å². The fraction of sp³-hybridized carbons (Fsp3) is 0.125. The van der Waals surface area contributed by atoms with Gasteiger partial charge in [-0.1, -0.05) is 49.1 Å². The molecule has 1 heteroatoms. The molecular weight excluding hydrogens is 206 g/mol. The molecule has 1 aromatic carbocycles. The summed E-state index contributed by atoms with van der Waals surface area (Å²) in [6.07, 6.45) is 8.53. The van der Waals surface area contributed by atoms with Crippen molar-refractivity contribution in [1.82, 2.24) is 0 Å². The van der Waals surface area contributed by atoms with Crippen molar-refractivity contribution in [1.29, 1.82) is 0 Å². The second-order valence-electron chi connectivity index (χ2n) is 3.98. The van der Waals surface area contributed by atoms with Gasteiger partial charge >= 0.3 is 0 Å². The Balaban J connectivity index is 2.73. The first kappa shape index (κ1) is 13.0. The minimum atomic E-state index is 0.787. The summed E-state index contributed by atoms with van der Waals surface area (Å²) in [6, 6.07) is 8.34. The van der Waals surface area contributed by atoms with Gasteiger partial charge in [-0.15, -0.1) is 6.58 Å². The molecule has 88 valence electrons. The van der Waals surface area contributed by atoms with E-state index >= 15 is 0 Å². The summed E-state index contributed by atoms with van der Waals surface area (Å²) >= 11 is 0. The Morgan fingerprint density at radius 1 is 1.29 bits per heavy atom. The molecule has 0 aromatic heterocycles. The maximum atomic E-state index is 5.54. The summed E-state index contributed by atoms with van der Waals surface area (Å²) in [6.45, 7) is 9.60. The standard InChI is InChI=1S/C16H19N/c1-4-6-15-9-11-16(12-10-15)13(2)7-5-8-14(3)17/h4-5,7-12H,1-2,6,17H2,3H3/b7-5-,14-8+. The third-order valence-electron chi connectivity index (χ3n) is 2.36. The van der Waals surface area contributed by atoms with Gasteiger partial charge in [0.15, 0.2) is 0 Å². The van der Waals surface area contributed by atoms with Crippen LogP contribution < -0.4 is 5.73 Å². The SMILES string of the molecule is C=CCc1ccc(C(=C)/C=C\C=C(/C)N)cc1. The van der Waals surface area contributed by atoms with Crippen molar-refractivity contribution in [3.05, 3.63) is 78.6 Å². The molecule has 0 fully saturated rings. The Hall–Kier alpha value is -2.02. The zero-order chi connectivity index (χ0) is 12.7. The molecule has 0 heterocycles. The molecule has 0 amide bonds. The number of hydrogen-bond acceptors (Lipinski definition) is 1. The summed E-state index contributed by atoms with van der Waals surface area (Å²) in [5.41, 5.74) is 9.69. The average molecular weight is 225 g/mol. The second kappa shape index (κ2) is 6.54. The van der Waals surface area contributed by atoms with Crippen LogP contribution in [-0.4, -0.2) is 0 Å². The van der Waals surface area contributed by atoms with Crippen molar-refractivity contribution in [2.24, 2.45) is 5.73 Å². The van der Waals surface area contributed by atoms with Crippen LogP contribution in [0.5, 0.6) is 0 Å². The maximum Gasteiger partial charge on any atom is 0.00488 e. The Morgan fingerprint density at radius 2 is 1.94 bits per heavy atom. The van der Waals surface area contributed by atoms with E-state index in [1.807, 2.05) is 31.2 Å². The van der Waals surface area contributed by atoms with Crippen molar-refractivity contribution in [2.45, 2.75) is 13.3 Å². The van der Waals surface area contributed by atoms with Crippen molar-refractivity contribution in [3.8, 4) is 0 Å². The van der Waals surface area contributed by atoms with Crippen molar-refractivity contribution >= 4 is 5.57 Å². The smallest absolute Gasteiger partial charge is 0.00488 e. The third-order valence-corrected chi connectivity index (χ3v) is 2.36. The van der Waals surface area contributed by atoms with Gasteiger partial charge in [0.2, 0.25) is 0 Å². The molecule has 0 radical (unpaired) electrons. The van der Waals surface area contributed by atoms with E-state index in [2.05, 4.69) is 37.4 Å². The quantitative estimate of drug-likeness (QED) is 0.598. The number of hydrogen-bond donors (Lipinski definition) is 1. The van der Waals surface area contributed by atoms with Crippen LogP contribution in [0.2, 0.25) is 0 Å². The summed E-state index contributed by atoms with van der Waals surface area (Å²) in [5.74, 6) is 0. The maximum absolute atomic E-state index is 5.54. The highest BCUT2D eigenvalue weighted by Crippen LogP contribution is 2.15. The number of rotatable bonds is 5. The molecule has 0 bridgehead atoms. The number of allylic oxidation sites excluding steroid dienone is 6. The van der Waals surface area contributed by atoms with Gasteiger partial charge in [-0.2, -0.15) is 0 Å². The van der Waals surface area contributed by atoms with Gasteiger partial charge in [-0.05, 0) is 36.1 Å². The summed E-state index contributed by atoms with van der Waals surface area (Å²) in [7, 11) is 0. The molecule has 1 rings (SSSR count). The van der Waals surface area contributed by atoms with Crippen LogP contribution in [0, 0.1) is 0 Å². The lowest BCUT2D eigenvalue weighted by Crippen LogP contribution is -1.87. The zero-order valence-corrected chi connectivity index (χ0v) is 10.3. The first-order valence-corrected chi connectivity index (χ1v) is 5.63. The van der Waals surface area contributed by atoms with E-state index in [9.17, 15) is 0 Å². The fourth-order valence-corrected chi connectivity index (χ4v) is 1.43. The average Bonchev–Trinajstić information content (AvgIpc) is 2.30. The highest BCUT2D eigenvalue weighted by atomic mass is 14.5. The van der Waals surface area contributed by atoms with E-state index in [1.54, 1.807) is 0 Å². The van der Waals surface area contributed by atoms with Crippen LogP contribution in [0.25, 0.3) is 5.57 Å². The molecule has 0 aliphatic carbocycles. The van der Waals surface area contributed by atoms with E-state index in [0.717, 1.165) is 23.3 Å². The molecule has 1 aromatic rings. The highest BCUT2D eigenvalue weighted by molar-refractivity contribution is 5.72. The second-order valence-corrected chi connectivity index (χ2v) is 3.98. The topological polar surface area (TPSA) is 26.0 Å². The van der Waals surface area contributed by atoms with Gasteiger partial charge in [-0.25, -0.2) is 0 Å². The van der Waals surface area contributed by atoms with Gasteiger partial charge in [0.1, 0.15) is 0 Å². The van der Waals surface area contributed by atoms with Gasteiger partial charge in [0, 0.05) is 5.70 Å². The predicted octanol–water partition coefficient (Wildman–Crippen LogP) is 3.85. The molecule has 0 unspecified atom stereocenters. The lowest BCUT2D eigenvalue weighted by Gasteiger charge is -2.02. The molecule has 0 saturated carbocycles. The fourth-order valence-electron chi connectivity index (χ4n) is 1.43. The van der Waals surface area contributed by atoms with E-state index in [-0.39, 0.29) is 0 Å². The molecule has 0 saturated heterocycles.